The van der Waals surface area contributed by atoms with E-state index in [0.717, 1.165) is 15.4 Å². The van der Waals surface area contributed by atoms with E-state index in [2.05, 4.69) is 10.5 Å². The Balaban J connectivity index is 1.43. The molecule has 1 N–H and O–H groups in total. The zero-order valence-corrected chi connectivity index (χ0v) is 24.2. The molecule has 0 saturated heterocycles. The van der Waals surface area contributed by atoms with Crippen molar-refractivity contribution in [3.8, 4) is 5.75 Å². The molecule has 7 nitrogen and oxygen atoms in total. The van der Waals surface area contributed by atoms with Gasteiger partial charge in [-0.2, -0.15) is 5.10 Å². The number of ether oxygens (including phenoxy) is 1. The minimum Gasteiger partial charge on any atom is -0.489 e. The highest BCUT2D eigenvalue weighted by atomic mass is 35.5. The van der Waals surface area contributed by atoms with Gasteiger partial charge in [-0.15, -0.1) is 0 Å². The van der Waals surface area contributed by atoms with Gasteiger partial charge in [0.05, 0.1) is 16.8 Å². The lowest BCUT2D eigenvalue weighted by Gasteiger charge is -2.25. The molecule has 0 bridgehead atoms. The number of halogens is 2. The standard InChI is InChI=1S/C30H27Cl2N3O4S/c1-21-6-16-27(17-7-21)40(37,38)35(29-5-3-4-28(32)22(29)2)19-30(36)34-33-18-23-10-14-26(15-11-23)39-20-24-8-12-25(31)13-9-24/h3-18H,19-20H2,1-2H3,(H,34,36)/b33-18-. The molecule has 0 radical (unpaired) electrons. The quantitative estimate of drug-likeness (QED) is 0.167. The molecular weight excluding hydrogens is 569 g/mol. The number of carbonyl (C=O) groups excluding carboxylic acids is 1. The molecule has 40 heavy (non-hydrogen) atoms. The number of anilines is 1. The van der Waals surface area contributed by atoms with Crippen molar-refractivity contribution >= 4 is 51.0 Å². The summed E-state index contributed by atoms with van der Waals surface area (Å²) in [7, 11) is -4.07. The van der Waals surface area contributed by atoms with E-state index < -0.39 is 22.5 Å². The molecule has 0 aliphatic heterocycles. The van der Waals surface area contributed by atoms with Crippen molar-refractivity contribution in [3.63, 3.8) is 0 Å². The van der Waals surface area contributed by atoms with Gasteiger partial charge >= 0.3 is 0 Å². The van der Waals surface area contributed by atoms with Crippen LogP contribution in [-0.4, -0.2) is 27.1 Å². The molecule has 4 aromatic rings. The Labute approximate surface area is 244 Å². The number of nitrogens with zero attached hydrogens (tertiary/aromatic N) is 2. The number of hydrazone groups is 1. The molecule has 0 aliphatic carbocycles. The minimum atomic E-state index is -4.07. The fourth-order valence-electron chi connectivity index (χ4n) is 3.75. The number of hydrogen-bond donors (Lipinski definition) is 1. The van der Waals surface area contributed by atoms with E-state index >= 15 is 0 Å². The Kier molecular flexibility index (Phi) is 9.47. The van der Waals surface area contributed by atoms with E-state index in [1.54, 1.807) is 73.7 Å². The van der Waals surface area contributed by atoms with Crippen LogP contribution in [-0.2, 0) is 21.4 Å². The monoisotopic (exact) mass is 595 g/mol. The van der Waals surface area contributed by atoms with Crippen LogP contribution in [0.25, 0.3) is 0 Å². The summed E-state index contributed by atoms with van der Waals surface area (Å²) in [6, 6.07) is 25.9. The molecule has 0 atom stereocenters. The van der Waals surface area contributed by atoms with E-state index in [1.165, 1.54) is 18.3 Å². The van der Waals surface area contributed by atoms with Crippen molar-refractivity contribution in [2.75, 3.05) is 10.8 Å². The molecule has 206 valence electrons. The first-order valence-electron chi connectivity index (χ1n) is 12.3. The second-order valence-corrected chi connectivity index (χ2v) is 11.7. The molecule has 1 amide bonds. The number of benzene rings is 4. The Bertz CT molecular complexity index is 1610. The Morgan fingerprint density at radius 3 is 2.27 bits per heavy atom. The third kappa shape index (κ3) is 7.41. The van der Waals surface area contributed by atoms with Gasteiger partial charge in [-0.25, -0.2) is 13.8 Å². The highest BCUT2D eigenvalue weighted by molar-refractivity contribution is 7.92. The van der Waals surface area contributed by atoms with E-state index in [4.69, 9.17) is 27.9 Å². The predicted molar refractivity (Wildman–Crippen MR) is 160 cm³/mol. The van der Waals surface area contributed by atoms with Crippen LogP contribution in [0.2, 0.25) is 10.0 Å². The zero-order valence-electron chi connectivity index (χ0n) is 21.8. The molecular formula is C30H27Cl2N3O4S. The average molecular weight is 597 g/mol. The van der Waals surface area contributed by atoms with Gasteiger partial charge in [-0.3, -0.25) is 9.10 Å². The van der Waals surface area contributed by atoms with Crippen molar-refractivity contribution in [3.05, 3.63) is 123 Å². The van der Waals surface area contributed by atoms with Crippen LogP contribution in [0.3, 0.4) is 0 Å². The van der Waals surface area contributed by atoms with Crippen LogP contribution in [0.5, 0.6) is 5.75 Å². The Morgan fingerprint density at radius 2 is 1.60 bits per heavy atom. The maximum absolute atomic E-state index is 13.6. The molecule has 0 unspecified atom stereocenters. The second kappa shape index (κ2) is 13.0. The SMILES string of the molecule is Cc1ccc(S(=O)(=O)N(CC(=O)N/N=C\c2ccc(OCc3ccc(Cl)cc3)cc2)c2cccc(Cl)c2C)cc1. The van der Waals surface area contributed by atoms with Crippen molar-refractivity contribution in [1.29, 1.82) is 0 Å². The molecule has 0 heterocycles. The summed E-state index contributed by atoms with van der Waals surface area (Å²) in [6.45, 7) is 3.47. The summed E-state index contributed by atoms with van der Waals surface area (Å²) in [4.78, 5) is 12.9. The summed E-state index contributed by atoms with van der Waals surface area (Å²) in [6.07, 6.45) is 1.46. The number of nitrogens with one attached hydrogen (secondary N) is 1. The molecule has 0 aromatic heterocycles. The van der Waals surface area contributed by atoms with E-state index in [-0.39, 0.29) is 4.90 Å². The largest absolute Gasteiger partial charge is 0.489 e. The normalized spacial score (nSPS) is 11.4. The third-order valence-electron chi connectivity index (χ3n) is 6.01. The third-order valence-corrected chi connectivity index (χ3v) is 8.44. The number of rotatable bonds is 10. The first-order valence-corrected chi connectivity index (χ1v) is 14.5. The van der Waals surface area contributed by atoms with Crippen LogP contribution >= 0.6 is 23.2 Å². The molecule has 0 spiro atoms. The molecule has 0 fully saturated rings. The maximum atomic E-state index is 13.6. The summed E-state index contributed by atoms with van der Waals surface area (Å²) < 4.78 is 34.0. The first kappa shape index (κ1) is 29.1. The number of aryl methyl sites for hydroxylation is 1. The average Bonchev–Trinajstić information content (AvgIpc) is 2.94. The Hall–Kier alpha value is -3.85. The summed E-state index contributed by atoms with van der Waals surface area (Å²) in [5.41, 5.74) is 5.88. The first-order chi connectivity index (χ1) is 19.1. The number of sulfonamides is 1. The highest BCUT2D eigenvalue weighted by Crippen LogP contribution is 2.31. The zero-order chi connectivity index (χ0) is 28.7. The van der Waals surface area contributed by atoms with Gasteiger partial charge in [-0.05, 0) is 91.2 Å². The second-order valence-electron chi connectivity index (χ2n) is 8.99. The minimum absolute atomic E-state index is 0.0622. The number of carbonyl (C=O) groups is 1. The van der Waals surface area contributed by atoms with Gasteiger partial charge in [0.1, 0.15) is 18.9 Å². The lowest BCUT2D eigenvalue weighted by atomic mass is 10.2. The van der Waals surface area contributed by atoms with E-state index in [0.29, 0.717) is 39.2 Å². The fraction of sp³-hybridized carbons (Fsp3) is 0.133. The van der Waals surface area contributed by atoms with E-state index in [9.17, 15) is 13.2 Å². The Morgan fingerprint density at radius 1 is 0.925 bits per heavy atom. The van der Waals surface area contributed by atoms with Crippen molar-refractivity contribution in [1.82, 2.24) is 5.43 Å². The van der Waals surface area contributed by atoms with Gasteiger partial charge in [0.15, 0.2) is 0 Å². The lowest BCUT2D eigenvalue weighted by molar-refractivity contribution is -0.119. The predicted octanol–water partition coefficient (Wildman–Crippen LogP) is 6.53. The van der Waals surface area contributed by atoms with Gasteiger partial charge < -0.3 is 4.74 Å². The van der Waals surface area contributed by atoms with Gasteiger partial charge in [0.25, 0.3) is 15.9 Å². The highest BCUT2D eigenvalue weighted by Gasteiger charge is 2.28. The van der Waals surface area contributed by atoms with Crippen LogP contribution in [0.4, 0.5) is 5.69 Å². The summed E-state index contributed by atoms with van der Waals surface area (Å²) in [5, 5.41) is 5.06. The maximum Gasteiger partial charge on any atom is 0.264 e. The van der Waals surface area contributed by atoms with Crippen molar-refractivity contribution in [2.24, 2.45) is 5.10 Å². The van der Waals surface area contributed by atoms with Crippen molar-refractivity contribution in [2.45, 2.75) is 25.3 Å². The van der Waals surface area contributed by atoms with Crippen molar-refractivity contribution < 1.29 is 17.9 Å². The molecule has 0 aliphatic rings. The summed E-state index contributed by atoms with van der Waals surface area (Å²) >= 11 is 12.2. The summed E-state index contributed by atoms with van der Waals surface area (Å²) in [5.74, 6) is 0.0548. The van der Waals surface area contributed by atoms with Crippen LogP contribution in [0.15, 0.2) is 101 Å². The van der Waals surface area contributed by atoms with Crippen LogP contribution in [0, 0.1) is 13.8 Å². The molecule has 0 saturated carbocycles. The molecule has 4 rings (SSSR count). The number of hydrogen-bond acceptors (Lipinski definition) is 5. The topological polar surface area (TPSA) is 88.1 Å². The number of amides is 1. The van der Waals surface area contributed by atoms with Gasteiger partial charge in [0.2, 0.25) is 0 Å². The molecule has 4 aromatic carbocycles. The van der Waals surface area contributed by atoms with E-state index in [1.807, 2.05) is 19.1 Å². The van der Waals surface area contributed by atoms with Gasteiger partial charge in [-0.1, -0.05) is 59.1 Å². The van der Waals surface area contributed by atoms with Gasteiger partial charge in [0, 0.05) is 10.0 Å². The van der Waals surface area contributed by atoms with Crippen LogP contribution in [0.1, 0.15) is 22.3 Å². The van der Waals surface area contributed by atoms with Crippen LogP contribution < -0.4 is 14.5 Å². The lowest BCUT2D eigenvalue weighted by Crippen LogP contribution is -2.40. The smallest absolute Gasteiger partial charge is 0.264 e. The molecule has 10 heteroatoms. The fourth-order valence-corrected chi connectivity index (χ4v) is 5.52.